The van der Waals surface area contributed by atoms with Crippen molar-refractivity contribution in [3.8, 4) is 0 Å². The molecule has 1 aliphatic rings. The van der Waals surface area contributed by atoms with E-state index in [1.54, 1.807) is 0 Å². The molecule has 3 heteroatoms. The average molecular weight is 297 g/mol. The van der Waals surface area contributed by atoms with Crippen LogP contribution in [0.5, 0.6) is 0 Å². The molecule has 0 aromatic heterocycles. The lowest BCUT2D eigenvalue weighted by Crippen LogP contribution is -2.45. The van der Waals surface area contributed by atoms with Crippen molar-refractivity contribution in [3.05, 3.63) is 28.2 Å². The van der Waals surface area contributed by atoms with Gasteiger partial charge in [0.1, 0.15) is 0 Å². The van der Waals surface area contributed by atoms with Crippen molar-refractivity contribution in [2.75, 3.05) is 24.5 Å². The van der Waals surface area contributed by atoms with Crippen molar-refractivity contribution in [1.82, 2.24) is 5.32 Å². The van der Waals surface area contributed by atoms with Crippen LogP contribution in [0.2, 0.25) is 0 Å². The predicted octanol–water partition coefficient (Wildman–Crippen LogP) is 3.34. The summed E-state index contributed by atoms with van der Waals surface area (Å²) < 4.78 is 1.21. The molecular weight excluding hydrogens is 276 g/mol. The summed E-state index contributed by atoms with van der Waals surface area (Å²) in [6.45, 7) is 7.68. The molecule has 2 rings (SSSR count). The lowest BCUT2D eigenvalue weighted by Gasteiger charge is -2.35. The fourth-order valence-electron chi connectivity index (χ4n) is 2.45. The van der Waals surface area contributed by atoms with E-state index in [4.69, 9.17) is 0 Å². The highest BCUT2D eigenvalue weighted by molar-refractivity contribution is 9.10. The summed E-state index contributed by atoms with van der Waals surface area (Å²) in [7, 11) is 0. The highest BCUT2D eigenvalue weighted by Crippen LogP contribution is 2.25. The van der Waals surface area contributed by atoms with Crippen molar-refractivity contribution in [3.63, 3.8) is 0 Å². The number of piperidine rings is 1. The zero-order chi connectivity index (χ0) is 12.3. The Morgan fingerprint density at radius 2 is 2.29 bits per heavy atom. The summed E-state index contributed by atoms with van der Waals surface area (Å²) in [5.41, 5.74) is 2.64. The zero-order valence-corrected chi connectivity index (χ0v) is 12.3. The van der Waals surface area contributed by atoms with Crippen LogP contribution < -0.4 is 10.2 Å². The van der Waals surface area contributed by atoms with E-state index in [0.717, 1.165) is 13.1 Å². The molecule has 0 spiro atoms. The largest absolute Gasteiger partial charge is 0.370 e. The number of anilines is 1. The molecule has 0 amide bonds. The second kappa shape index (κ2) is 5.87. The molecule has 1 fully saturated rings. The van der Waals surface area contributed by atoms with Crippen LogP contribution in [0.25, 0.3) is 0 Å². The van der Waals surface area contributed by atoms with E-state index >= 15 is 0 Å². The number of likely N-dealkylation sites (N-methyl/N-ethyl adjacent to an activating group) is 1. The van der Waals surface area contributed by atoms with E-state index in [9.17, 15) is 0 Å². The molecule has 1 heterocycles. The van der Waals surface area contributed by atoms with Crippen molar-refractivity contribution >= 4 is 21.6 Å². The van der Waals surface area contributed by atoms with E-state index in [1.165, 1.54) is 35.1 Å². The maximum atomic E-state index is 3.62. The average Bonchev–Trinajstić information content (AvgIpc) is 2.33. The van der Waals surface area contributed by atoms with Gasteiger partial charge in [0.25, 0.3) is 0 Å². The molecule has 0 saturated carbocycles. The summed E-state index contributed by atoms with van der Waals surface area (Å²) in [5.74, 6) is 0. The van der Waals surface area contributed by atoms with Gasteiger partial charge in [0.15, 0.2) is 0 Å². The van der Waals surface area contributed by atoms with Gasteiger partial charge in [-0.2, -0.15) is 0 Å². The maximum absolute atomic E-state index is 3.62. The summed E-state index contributed by atoms with van der Waals surface area (Å²) in [6.07, 6.45) is 2.58. The number of rotatable bonds is 3. The Morgan fingerprint density at radius 1 is 1.47 bits per heavy atom. The highest BCUT2D eigenvalue weighted by Gasteiger charge is 2.19. The molecular formula is C14H21BrN2. The highest BCUT2D eigenvalue weighted by atomic mass is 79.9. The fourth-order valence-corrected chi connectivity index (χ4v) is 2.81. The molecule has 2 nitrogen and oxygen atoms in total. The van der Waals surface area contributed by atoms with Gasteiger partial charge >= 0.3 is 0 Å². The van der Waals surface area contributed by atoms with Crippen LogP contribution in [-0.2, 0) is 0 Å². The minimum absolute atomic E-state index is 0.647. The maximum Gasteiger partial charge on any atom is 0.0378 e. The van der Waals surface area contributed by atoms with Crippen molar-refractivity contribution in [1.29, 1.82) is 0 Å². The molecule has 1 aromatic carbocycles. The molecule has 94 valence electrons. The van der Waals surface area contributed by atoms with Gasteiger partial charge < -0.3 is 10.2 Å². The first kappa shape index (κ1) is 12.9. The molecule has 0 aliphatic carbocycles. The Hall–Kier alpha value is -0.540. The second-order valence-corrected chi connectivity index (χ2v) is 5.63. The molecule has 1 aliphatic heterocycles. The number of aryl methyl sites for hydroxylation is 1. The van der Waals surface area contributed by atoms with Crippen molar-refractivity contribution in [2.45, 2.75) is 32.7 Å². The minimum atomic E-state index is 0.647. The number of hydrogen-bond acceptors (Lipinski definition) is 2. The van der Waals surface area contributed by atoms with Gasteiger partial charge in [0.05, 0.1) is 0 Å². The van der Waals surface area contributed by atoms with Gasteiger partial charge in [-0.15, -0.1) is 0 Å². The van der Waals surface area contributed by atoms with E-state index in [0.29, 0.717) is 6.04 Å². The van der Waals surface area contributed by atoms with E-state index in [2.05, 4.69) is 58.2 Å². The van der Waals surface area contributed by atoms with E-state index in [1.807, 2.05) is 0 Å². The molecule has 17 heavy (non-hydrogen) atoms. The SMILES string of the molecule is CCNC1CCCN(c2ccc(C)c(Br)c2)C1. The lowest BCUT2D eigenvalue weighted by molar-refractivity contribution is 0.431. The van der Waals surface area contributed by atoms with Gasteiger partial charge in [0.2, 0.25) is 0 Å². The molecule has 1 N–H and O–H groups in total. The van der Waals surface area contributed by atoms with Gasteiger partial charge in [0, 0.05) is 29.3 Å². The monoisotopic (exact) mass is 296 g/mol. The Labute approximate surface area is 113 Å². The number of hydrogen-bond donors (Lipinski definition) is 1. The number of nitrogens with zero attached hydrogens (tertiary/aromatic N) is 1. The standard InChI is InChI=1S/C14H21BrN2/c1-3-16-12-5-4-8-17(10-12)13-7-6-11(2)14(15)9-13/h6-7,9,12,16H,3-5,8,10H2,1-2H3. The summed E-state index contributed by atoms with van der Waals surface area (Å²) >= 11 is 3.62. The Kier molecular flexibility index (Phi) is 4.46. The van der Waals surface area contributed by atoms with Gasteiger partial charge in [-0.1, -0.05) is 28.9 Å². The van der Waals surface area contributed by atoms with Crippen LogP contribution in [0.4, 0.5) is 5.69 Å². The number of halogens is 1. The normalized spacial score (nSPS) is 20.6. The fraction of sp³-hybridized carbons (Fsp3) is 0.571. The smallest absolute Gasteiger partial charge is 0.0378 e. The van der Waals surface area contributed by atoms with Crippen molar-refractivity contribution < 1.29 is 0 Å². The first-order valence-corrected chi connectivity index (χ1v) is 7.24. The molecule has 1 saturated heterocycles. The summed E-state index contributed by atoms with van der Waals surface area (Å²) in [4.78, 5) is 2.49. The molecule has 1 unspecified atom stereocenters. The van der Waals surface area contributed by atoms with Crippen LogP contribution in [0.1, 0.15) is 25.3 Å². The van der Waals surface area contributed by atoms with E-state index < -0.39 is 0 Å². The summed E-state index contributed by atoms with van der Waals surface area (Å²) in [6, 6.07) is 7.31. The van der Waals surface area contributed by atoms with Crippen LogP contribution in [0.15, 0.2) is 22.7 Å². The van der Waals surface area contributed by atoms with Crippen LogP contribution in [0.3, 0.4) is 0 Å². The molecule has 0 bridgehead atoms. The lowest BCUT2D eigenvalue weighted by atomic mass is 10.0. The molecule has 1 aromatic rings. The number of benzene rings is 1. The predicted molar refractivity (Wildman–Crippen MR) is 77.8 cm³/mol. The van der Waals surface area contributed by atoms with Crippen LogP contribution in [-0.4, -0.2) is 25.7 Å². The first-order chi connectivity index (χ1) is 8.20. The van der Waals surface area contributed by atoms with Crippen LogP contribution >= 0.6 is 15.9 Å². The topological polar surface area (TPSA) is 15.3 Å². The third-order valence-electron chi connectivity index (χ3n) is 3.43. The van der Waals surface area contributed by atoms with Gasteiger partial charge in [-0.25, -0.2) is 0 Å². The minimum Gasteiger partial charge on any atom is -0.370 e. The third-order valence-corrected chi connectivity index (χ3v) is 4.29. The first-order valence-electron chi connectivity index (χ1n) is 6.45. The molecule has 0 radical (unpaired) electrons. The zero-order valence-electron chi connectivity index (χ0n) is 10.7. The second-order valence-electron chi connectivity index (χ2n) is 4.78. The van der Waals surface area contributed by atoms with Crippen molar-refractivity contribution in [2.24, 2.45) is 0 Å². The Morgan fingerprint density at radius 3 is 3.00 bits per heavy atom. The molecule has 1 atom stereocenters. The third kappa shape index (κ3) is 3.23. The summed E-state index contributed by atoms with van der Waals surface area (Å²) in [5, 5.41) is 3.56. The quantitative estimate of drug-likeness (QED) is 0.920. The number of nitrogens with one attached hydrogen (secondary N) is 1. The van der Waals surface area contributed by atoms with Gasteiger partial charge in [-0.3, -0.25) is 0 Å². The van der Waals surface area contributed by atoms with Crippen LogP contribution in [0, 0.1) is 6.92 Å². The van der Waals surface area contributed by atoms with Gasteiger partial charge in [-0.05, 0) is 44.0 Å². The Bertz CT molecular complexity index is 376. The Balaban J connectivity index is 2.08. The van der Waals surface area contributed by atoms with E-state index in [-0.39, 0.29) is 0 Å².